The molecule has 37 heavy (non-hydrogen) atoms. The van der Waals surface area contributed by atoms with Gasteiger partial charge in [-0.15, -0.1) is 11.8 Å². The van der Waals surface area contributed by atoms with Crippen molar-refractivity contribution in [1.82, 2.24) is 4.98 Å². The summed E-state index contributed by atoms with van der Waals surface area (Å²) in [4.78, 5) is 30.4. The maximum atomic E-state index is 13.8. The molecule has 0 fully saturated rings. The Bertz CT molecular complexity index is 1530. The third kappa shape index (κ3) is 5.70. The minimum atomic E-state index is -0.576. The number of amides is 2. The summed E-state index contributed by atoms with van der Waals surface area (Å²) in [5.41, 5.74) is 3.52. The van der Waals surface area contributed by atoms with E-state index >= 15 is 0 Å². The van der Waals surface area contributed by atoms with E-state index in [1.807, 2.05) is 55.5 Å². The van der Waals surface area contributed by atoms with Gasteiger partial charge in [0.1, 0.15) is 11.3 Å². The predicted octanol–water partition coefficient (Wildman–Crippen LogP) is 7.01. The monoisotopic (exact) mass is 511 g/mol. The Labute approximate surface area is 216 Å². The summed E-state index contributed by atoms with van der Waals surface area (Å²) >= 11 is 1.39. The van der Waals surface area contributed by atoms with E-state index in [0.717, 1.165) is 21.6 Å². The largest absolute Gasteiger partial charge is 0.436 e. The molecule has 0 radical (unpaired) electrons. The van der Waals surface area contributed by atoms with Crippen LogP contribution < -0.4 is 10.6 Å². The molecule has 8 heteroatoms. The van der Waals surface area contributed by atoms with Crippen LogP contribution in [0.2, 0.25) is 0 Å². The summed E-state index contributed by atoms with van der Waals surface area (Å²) in [5, 5.41) is 5.24. The highest BCUT2D eigenvalue weighted by Crippen LogP contribution is 2.28. The Kier molecular flexibility index (Phi) is 7.00. The van der Waals surface area contributed by atoms with Gasteiger partial charge in [-0.25, -0.2) is 9.37 Å². The fraction of sp³-hybridized carbons (Fsp3) is 0.0690. The average molecular weight is 512 g/mol. The molecule has 1 atom stereocenters. The first-order valence-corrected chi connectivity index (χ1v) is 12.4. The van der Waals surface area contributed by atoms with E-state index in [0.29, 0.717) is 17.3 Å². The summed E-state index contributed by atoms with van der Waals surface area (Å²) in [6, 6.07) is 27.8. The SMILES string of the molecule is CC(Sc1ccc(NC(=O)c2ccccc2F)cc1)C(=O)Nc1ccc(-c2nc3ccccc3o2)cc1. The number of para-hydroxylation sites is 2. The molecule has 1 aromatic heterocycles. The normalized spacial score (nSPS) is 11.7. The summed E-state index contributed by atoms with van der Waals surface area (Å²) in [7, 11) is 0. The summed E-state index contributed by atoms with van der Waals surface area (Å²) in [5.74, 6) is -0.714. The number of benzene rings is 4. The van der Waals surface area contributed by atoms with Crippen molar-refractivity contribution in [1.29, 1.82) is 0 Å². The highest BCUT2D eigenvalue weighted by Gasteiger charge is 2.16. The van der Waals surface area contributed by atoms with Gasteiger partial charge < -0.3 is 15.1 Å². The Morgan fingerprint density at radius 1 is 0.838 bits per heavy atom. The second-order valence-electron chi connectivity index (χ2n) is 8.27. The number of fused-ring (bicyclic) bond motifs is 1. The van der Waals surface area contributed by atoms with E-state index in [4.69, 9.17) is 4.42 Å². The zero-order chi connectivity index (χ0) is 25.8. The van der Waals surface area contributed by atoms with Crippen molar-refractivity contribution >= 4 is 46.1 Å². The number of hydrogen-bond donors (Lipinski definition) is 2. The van der Waals surface area contributed by atoms with E-state index in [2.05, 4.69) is 15.6 Å². The summed E-state index contributed by atoms with van der Waals surface area (Å²) in [6.07, 6.45) is 0. The lowest BCUT2D eigenvalue weighted by molar-refractivity contribution is -0.115. The Morgan fingerprint density at radius 2 is 1.49 bits per heavy atom. The Balaban J connectivity index is 1.16. The van der Waals surface area contributed by atoms with Crippen LogP contribution in [0.25, 0.3) is 22.6 Å². The highest BCUT2D eigenvalue weighted by atomic mass is 32.2. The number of carbonyl (C=O) groups excluding carboxylic acids is 2. The number of anilines is 2. The number of aromatic nitrogens is 1. The number of hydrogen-bond acceptors (Lipinski definition) is 5. The lowest BCUT2D eigenvalue weighted by Crippen LogP contribution is -2.22. The quantitative estimate of drug-likeness (QED) is 0.230. The van der Waals surface area contributed by atoms with Gasteiger partial charge in [-0.1, -0.05) is 24.3 Å². The molecule has 1 heterocycles. The first-order valence-electron chi connectivity index (χ1n) is 11.6. The molecule has 0 saturated carbocycles. The van der Waals surface area contributed by atoms with E-state index < -0.39 is 11.7 Å². The molecule has 0 aliphatic heterocycles. The van der Waals surface area contributed by atoms with Gasteiger partial charge in [-0.05, 0) is 79.7 Å². The second kappa shape index (κ2) is 10.7. The molecule has 0 aliphatic rings. The molecule has 6 nitrogen and oxygen atoms in total. The van der Waals surface area contributed by atoms with Gasteiger partial charge >= 0.3 is 0 Å². The zero-order valence-electron chi connectivity index (χ0n) is 19.8. The van der Waals surface area contributed by atoms with Crippen LogP contribution in [0.5, 0.6) is 0 Å². The van der Waals surface area contributed by atoms with Crippen LogP contribution in [-0.4, -0.2) is 22.0 Å². The average Bonchev–Trinajstić information content (AvgIpc) is 3.35. The van der Waals surface area contributed by atoms with E-state index in [1.165, 1.54) is 30.0 Å². The fourth-order valence-electron chi connectivity index (χ4n) is 3.65. The van der Waals surface area contributed by atoms with Gasteiger partial charge in [0, 0.05) is 21.8 Å². The van der Waals surface area contributed by atoms with Crippen molar-refractivity contribution < 1.29 is 18.4 Å². The number of nitrogens with zero attached hydrogens (tertiary/aromatic N) is 1. The van der Waals surface area contributed by atoms with Crippen LogP contribution >= 0.6 is 11.8 Å². The van der Waals surface area contributed by atoms with Gasteiger partial charge in [0.25, 0.3) is 5.91 Å². The number of thioether (sulfide) groups is 1. The van der Waals surface area contributed by atoms with Crippen molar-refractivity contribution in [3.8, 4) is 11.5 Å². The number of oxazole rings is 1. The number of carbonyl (C=O) groups is 2. The Morgan fingerprint density at radius 3 is 2.22 bits per heavy atom. The molecular weight excluding hydrogens is 489 g/mol. The lowest BCUT2D eigenvalue weighted by atomic mass is 10.2. The summed E-state index contributed by atoms with van der Waals surface area (Å²) < 4.78 is 19.6. The topological polar surface area (TPSA) is 84.2 Å². The molecular formula is C29H22FN3O3S. The summed E-state index contributed by atoms with van der Waals surface area (Å²) in [6.45, 7) is 1.82. The first kappa shape index (κ1) is 24.3. The van der Waals surface area contributed by atoms with Gasteiger partial charge in [-0.2, -0.15) is 0 Å². The van der Waals surface area contributed by atoms with Crippen LogP contribution in [0, 0.1) is 5.82 Å². The van der Waals surface area contributed by atoms with Gasteiger partial charge in [0.05, 0.1) is 10.8 Å². The molecule has 1 unspecified atom stereocenters. The first-order chi connectivity index (χ1) is 18.0. The molecule has 2 amide bonds. The fourth-order valence-corrected chi connectivity index (χ4v) is 4.52. The smallest absolute Gasteiger partial charge is 0.258 e. The van der Waals surface area contributed by atoms with Gasteiger partial charge in [0.15, 0.2) is 5.58 Å². The molecule has 184 valence electrons. The zero-order valence-corrected chi connectivity index (χ0v) is 20.6. The van der Waals surface area contributed by atoms with Crippen molar-refractivity contribution in [2.45, 2.75) is 17.1 Å². The van der Waals surface area contributed by atoms with Crippen LogP contribution in [-0.2, 0) is 4.79 Å². The molecule has 5 rings (SSSR count). The van der Waals surface area contributed by atoms with E-state index in [1.54, 1.807) is 30.3 Å². The maximum Gasteiger partial charge on any atom is 0.258 e. The van der Waals surface area contributed by atoms with Crippen LogP contribution in [0.1, 0.15) is 17.3 Å². The molecule has 0 saturated heterocycles. The van der Waals surface area contributed by atoms with Crippen molar-refractivity contribution in [3.63, 3.8) is 0 Å². The molecule has 2 N–H and O–H groups in total. The number of rotatable bonds is 7. The van der Waals surface area contributed by atoms with Crippen molar-refractivity contribution in [3.05, 3.63) is 108 Å². The van der Waals surface area contributed by atoms with Gasteiger partial charge in [-0.3, -0.25) is 9.59 Å². The third-order valence-corrected chi connectivity index (χ3v) is 6.72. The van der Waals surface area contributed by atoms with Gasteiger partial charge in [0.2, 0.25) is 11.8 Å². The molecule has 0 spiro atoms. The standard InChI is InChI=1S/C29H22FN3O3S/c1-18(37-22-16-14-21(15-17-22)32-28(35)23-6-2-3-7-24(23)30)27(34)31-20-12-10-19(11-13-20)29-33-25-8-4-5-9-26(25)36-29/h2-18H,1H3,(H,31,34)(H,32,35). The van der Waals surface area contributed by atoms with E-state index in [-0.39, 0.29) is 16.7 Å². The lowest BCUT2D eigenvalue weighted by Gasteiger charge is -2.13. The van der Waals surface area contributed by atoms with Crippen LogP contribution in [0.15, 0.2) is 106 Å². The minimum absolute atomic E-state index is 0.0203. The molecule has 0 aliphatic carbocycles. The maximum absolute atomic E-state index is 13.8. The van der Waals surface area contributed by atoms with Crippen LogP contribution in [0.3, 0.4) is 0 Å². The van der Waals surface area contributed by atoms with E-state index in [9.17, 15) is 14.0 Å². The predicted molar refractivity (Wildman–Crippen MR) is 144 cm³/mol. The third-order valence-electron chi connectivity index (χ3n) is 5.61. The minimum Gasteiger partial charge on any atom is -0.436 e. The Hall–Kier alpha value is -4.43. The van der Waals surface area contributed by atoms with Crippen molar-refractivity contribution in [2.24, 2.45) is 0 Å². The number of halogens is 1. The highest BCUT2D eigenvalue weighted by molar-refractivity contribution is 8.00. The second-order valence-corrected chi connectivity index (χ2v) is 9.69. The number of nitrogens with one attached hydrogen (secondary N) is 2. The molecule has 5 aromatic rings. The van der Waals surface area contributed by atoms with Crippen molar-refractivity contribution in [2.75, 3.05) is 10.6 Å². The molecule has 0 bridgehead atoms. The molecule has 4 aromatic carbocycles. The van der Waals surface area contributed by atoms with Crippen LogP contribution in [0.4, 0.5) is 15.8 Å².